The molecule has 19 heavy (non-hydrogen) atoms. The van der Waals surface area contributed by atoms with Crippen LogP contribution in [0.25, 0.3) is 5.52 Å². The van der Waals surface area contributed by atoms with Crippen molar-refractivity contribution in [2.24, 2.45) is 0 Å². The van der Waals surface area contributed by atoms with Crippen LogP contribution in [0.4, 0.5) is 5.69 Å². The van der Waals surface area contributed by atoms with Crippen molar-refractivity contribution in [3.63, 3.8) is 0 Å². The van der Waals surface area contributed by atoms with E-state index in [9.17, 15) is 4.79 Å². The first kappa shape index (κ1) is 13.9. The zero-order valence-electron chi connectivity index (χ0n) is 11.4. The largest absolute Gasteiger partial charge is 0.462 e. The number of aromatic nitrogens is 2. The van der Waals surface area contributed by atoms with Crippen molar-refractivity contribution in [2.75, 3.05) is 25.6 Å². The van der Waals surface area contributed by atoms with Crippen LogP contribution in [0.1, 0.15) is 22.8 Å². The van der Waals surface area contributed by atoms with Crippen LogP contribution in [-0.2, 0) is 4.74 Å². The molecule has 0 N–H and O–H groups in total. The third-order valence-electron chi connectivity index (χ3n) is 2.84. The molecule has 2 aromatic rings. The highest BCUT2D eigenvalue weighted by Crippen LogP contribution is 2.30. The molecule has 5 nitrogen and oxygen atoms in total. The molecule has 2 rings (SSSR count). The Hall–Kier alpha value is -1.56. The summed E-state index contributed by atoms with van der Waals surface area (Å²) in [7, 11) is 3.79. The van der Waals surface area contributed by atoms with Crippen LogP contribution in [0.15, 0.2) is 16.9 Å². The van der Waals surface area contributed by atoms with Crippen molar-refractivity contribution in [1.29, 1.82) is 0 Å². The van der Waals surface area contributed by atoms with Crippen LogP contribution in [0, 0.1) is 6.92 Å². The number of hydrogen-bond donors (Lipinski definition) is 0. The lowest BCUT2D eigenvalue weighted by Gasteiger charge is -2.17. The maximum absolute atomic E-state index is 12.0. The van der Waals surface area contributed by atoms with Crippen molar-refractivity contribution in [3.05, 3.63) is 28.0 Å². The van der Waals surface area contributed by atoms with Crippen LogP contribution >= 0.6 is 15.9 Å². The SMILES string of the molecule is CCOC(=O)c1cnn2c(Br)c(C)cc2c1N(C)C. The minimum atomic E-state index is -0.351. The molecule has 0 unspecified atom stereocenters. The molecule has 0 atom stereocenters. The summed E-state index contributed by atoms with van der Waals surface area (Å²) < 4.78 is 7.74. The highest BCUT2D eigenvalue weighted by Gasteiger charge is 2.20. The smallest absolute Gasteiger partial charge is 0.341 e. The fourth-order valence-electron chi connectivity index (χ4n) is 2.02. The number of rotatable bonds is 3. The Morgan fingerprint density at radius 3 is 2.79 bits per heavy atom. The standard InChI is InChI=1S/C13H16BrN3O2/c1-5-19-13(18)9-7-15-17-10(11(9)16(3)4)6-8(2)12(17)14/h6-7H,5H2,1-4H3. The quantitative estimate of drug-likeness (QED) is 0.814. The van der Waals surface area contributed by atoms with Gasteiger partial charge in [0.25, 0.3) is 0 Å². The van der Waals surface area contributed by atoms with Crippen LogP contribution in [-0.4, -0.2) is 36.3 Å². The predicted molar refractivity (Wildman–Crippen MR) is 77.9 cm³/mol. The molecule has 0 aliphatic carbocycles. The van der Waals surface area contributed by atoms with Gasteiger partial charge >= 0.3 is 5.97 Å². The van der Waals surface area contributed by atoms with E-state index in [-0.39, 0.29) is 5.97 Å². The molecule has 0 aliphatic heterocycles. The number of hydrogen-bond acceptors (Lipinski definition) is 4. The van der Waals surface area contributed by atoms with Gasteiger partial charge in [-0.05, 0) is 41.4 Å². The first-order valence-corrected chi connectivity index (χ1v) is 6.78. The van der Waals surface area contributed by atoms with Gasteiger partial charge in [0.2, 0.25) is 0 Å². The molecule has 0 radical (unpaired) electrons. The van der Waals surface area contributed by atoms with Gasteiger partial charge < -0.3 is 9.64 Å². The fraction of sp³-hybridized carbons (Fsp3) is 0.385. The van der Waals surface area contributed by atoms with Gasteiger partial charge in [-0.2, -0.15) is 5.10 Å². The summed E-state index contributed by atoms with van der Waals surface area (Å²) in [5, 5.41) is 4.29. The Kier molecular flexibility index (Phi) is 3.80. The van der Waals surface area contributed by atoms with Gasteiger partial charge in [-0.25, -0.2) is 9.31 Å². The van der Waals surface area contributed by atoms with E-state index in [2.05, 4.69) is 21.0 Å². The third-order valence-corrected chi connectivity index (χ3v) is 3.80. The summed E-state index contributed by atoms with van der Waals surface area (Å²) in [4.78, 5) is 13.9. The lowest BCUT2D eigenvalue weighted by Crippen LogP contribution is -2.17. The minimum Gasteiger partial charge on any atom is -0.462 e. The highest BCUT2D eigenvalue weighted by atomic mass is 79.9. The van der Waals surface area contributed by atoms with Crippen LogP contribution in [0.3, 0.4) is 0 Å². The van der Waals surface area contributed by atoms with Crippen LogP contribution < -0.4 is 4.90 Å². The molecule has 0 aliphatic rings. The van der Waals surface area contributed by atoms with E-state index < -0.39 is 0 Å². The summed E-state index contributed by atoms with van der Waals surface area (Å²) >= 11 is 3.49. The number of halogens is 1. The van der Waals surface area contributed by atoms with Crippen molar-refractivity contribution in [2.45, 2.75) is 13.8 Å². The number of nitrogens with zero attached hydrogens (tertiary/aromatic N) is 3. The van der Waals surface area contributed by atoms with Gasteiger partial charge in [0.15, 0.2) is 0 Å². The Bertz CT molecular complexity index is 634. The Balaban J connectivity index is 2.72. The summed E-state index contributed by atoms with van der Waals surface area (Å²) in [5.74, 6) is -0.351. The van der Waals surface area contributed by atoms with Gasteiger partial charge in [-0.1, -0.05) is 0 Å². The van der Waals surface area contributed by atoms with Gasteiger partial charge in [0.1, 0.15) is 10.2 Å². The summed E-state index contributed by atoms with van der Waals surface area (Å²) in [5.41, 5.74) is 3.23. The van der Waals surface area contributed by atoms with Crippen molar-refractivity contribution < 1.29 is 9.53 Å². The molecule has 102 valence electrons. The van der Waals surface area contributed by atoms with Crippen molar-refractivity contribution in [1.82, 2.24) is 9.61 Å². The number of anilines is 1. The second-order valence-corrected chi connectivity index (χ2v) is 5.19. The Morgan fingerprint density at radius 2 is 2.21 bits per heavy atom. The number of aryl methyl sites for hydroxylation is 1. The van der Waals surface area contributed by atoms with Gasteiger partial charge in [0, 0.05) is 14.1 Å². The molecule has 2 aromatic heterocycles. The monoisotopic (exact) mass is 325 g/mol. The van der Waals surface area contributed by atoms with Gasteiger partial charge in [0.05, 0.1) is 24.0 Å². The maximum Gasteiger partial charge on any atom is 0.341 e. The van der Waals surface area contributed by atoms with E-state index in [0.29, 0.717) is 12.2 Å². The maximum atomic E-state index is 12.0. The molecule has 0 spiro atoms. The van der Waals surface area contributed by atoms with Crippen molar-refractivity contribution >= 4 is 33.1 Å². The number of fused-ring (bicyclic) bond motifs is 1. The molecule has 0 amide bonds. The molecule has 0 aromatic carbocycles. The third kappa shape index (κ3) is 2.32. The number of esters is 1. The topological polar surface area (TPSA) is 46.8 Å². The molecule has 0 fully saturated rings. The van der Waals surface area contributed by atoms with Gasteiger partial charge in [-0.15, -0.1) is 0 Å². The van der Waals surface area contributed by atoms with E-state index in [1.165, 1.54) is 0 Å². The van der Waals surface area contributed by atoms with E-state index in [1.807, 2.05) is 32.0 Å². The average molecular weight is 326 g/mol. The molecular formula is C13H16BrN3O2. The minimum absolute atomic E-state index is 0.348. The second-order valence-electron chi connectivity index (χ2n) is 4.44. The summed E-state index contributed by atoms with van der Waals surface area (Å²) in [6, 6.07) is 2.00. The molecule has 0 saturated heterocycles. The fourth-order valence-corrected chi connectivity index (χ4v) is 2.42. The molecule has 0 bridgehead atoms. The number of carbonyl (C=O) groups is 1. The lowest BCUT2D eigenvalue weighted by atomic mass is 10.2. The predicted octanol–water partition coefficient (Wildman–Crippen LogP) is 2.65. The second kappa shape index (κ2) is 5.21. The zero-order valence-corrected chi connectivity index (χ0v) is 13.0. The first-order valence-electron chi connectivity index (χ1n) is 5.98. The van der Waals surface area contributed by atoms with E-state index in [4.69, 9.17) is 4.74 Å². The van der Waals surface area contributed by atoms with E-state index in [0.717, 1.165) is 21.4 Å². The highest BCUT2D eigenvalue weighted by molar-refractivity contribution is 9.10. The molecule has 0 saturated carbocycles. The summed E-state index contributed by atoms with van der Waals surface area (Å²) in [6.45, 7) is 4.13. The van der Waals surface area contributed by atoms with Crippen LogP contribution in [0.5, 0.6) is 0 Å². The van der Waals surface area contributed by atoms with E-state index in [1.54, 1.807) is 17.6 Å². The number of ether oxygens (including phenoxy) is 1. The van der Waals surface area contributed by atoms with Crippen molar-refractivity contribution in [3.8, 4) is 0 Å². The molecule has 2 heterocycles. The molecular weight excluding hydrogens is 310 g/mol. The average Bonchev–Trinajstić information content (AvgIpc) is 2.64. The van der Waals surface area contributed by atoms with Crippen LogP contribution in [0.2, 0.25) is 0 Å². The first-order chi connectivity index (χ1) is 8.97. The Morgan fingerprint density at radius 1 is 1.53 bits per heavy atom. The lowest BCUT2D eigenvalue weighted by molar-refractivity contribution is 0.0526. The normalized spacial score (nSPS) is 10.8. The number of carbonyl (C=O) groups excluding carboxylic acids is 1. The molecule has 6 heteroatoms. The summed E-state index contributed by atoms with van der Waals surface area (Å²) in [6.07, 6.45) is 1.55. The van der Waals surface area contributed by atoms with Gasteiger partial charge in [-0.3, -0.25) is 0 Å². The Labute approximate surface area is 120 Å². The zero-order chi connectivity index (χ0) is 14.2. The van der Waals surface area contributed by atoms with E-state index >= 15 is 0 Å².